The number of rotatable bonds is 6. The standard InChI is InChI=1S/C23H30N2O4/c1-15-12-21(29-24-15)23-18-14-20(28-3)19(27-2)13-17(18)10-11-25(23)22(26)9-8-16-6-4-5-7-16/h12-14,16,23H,4-11H2,1-3H3. The van der Waals surface area contributed by atoms with Gasteiger partial charge in [0.25, 0.3) is 0 Å². The van der Waals surface area contributed by atoms with Crippen molar-refractivity contribution >= 4 is 5.91 Å². The molecule has 1 aromatic heterocycles. The summed E-state index contributed by atoms with van der Waals surface area (Å²) in [6.45, 7) is 2.56. The number of carbonyl (C=O) groups is 1. The Kier molecular flexibility index (Phi) is 5.79. The molecule has 2 aliphatic rings. The maximum absolute atomic E-state index is 13.2. The molecule has 6 nitrogen and oxygen atoms in total. The fraction of sp³-hybridized carbons (Fsp3) is 0.565. The molecule has 2 heterocycles. The van der Waals surface area contributed by atoms with E-state index in [2.05, 4.69) is 5.16 Å². The number of ether oxygens (including phenoxy) is 2. The molecule has 0 saturated heterocycles. The van der Waals surface area contributed by atoms with Crippen molar-refractivity contribution in [3.05, 3.63) is 40.8 Å². The van der Waals surface area contributed by atoms with Crippen LogP contribution in [0.2, 0.25) is 0 Å². The van der Waals surface area contributed by atoms with E-state index in [-0.39, 0.29) is 11.9 Å². The maximum Gasteiger partial charge on any atom is 0.223 e. The minimum Gasteiger partial charge on any atom is -0.493 e. The molecule has 2 aromatic rings. The number of methoxy groups -OCH3 is 2. The number of benzene rings is 1. The van der Waals surface area contributed by atoms with Crippen molar-refractivity contribution in [2.24, 2.45) is 5.92 Å². The zero-order valence-corrected chi connectivity index (χ0v) is 17.6. The van der Waals surface area contributed by atoms with Crippen molar-refractivity contribution in [3.8, 4) is 11.5 Å². The third-order valence-corrected chi connectivity index (χ3v) is 6.35. The van der Waals surface area contributed by atoms with Gasteiger partial charge < -0.3 is 18.9 Å². The van der Waals surface area contributed by atoms with Crippen LogP contribution in [0.15, 0.2) is 22.7 Å². The van der Waals surface area contributed by atoms with Crippen molar-refractivity contribution in [2.45, 2.75) is 57.9 Å². The Morgan fingerprint density at radius 3 is 2.55 bits per heavy atom. The molecule has 0 N–H and O–H groups in total. The van der Waals surface area contributed by atoms with E-state index in [1.54, 1.807) is 14.2 Å². The summed E-state index contributed by atoms with van der Waals surface area (Å²) in [5.41, 5.74) is 2.99. The van der Waals surface area contributed by atoms with Gasteiger partial charge >= 0.3 is 0 Å². The smallest absolute Gasteiger partial charge is 0.223 e. The zero-order valence-electron chi connectivity index (χ0n) is 17.6. The van der Waals surface area contributed by atoms with E-state index in [9.17, 15) is 4.79 Å². The van der Waals surface area contributed by atoms with Crippen LogP contribution < -0.4 is 9.47 Å². The highest BCUT2D eigenvalue weighted by Gasteiger charge is 2.35. The number of amides is 1. The molecule has 6 heteroatoms. The summed E-state index contributed by atoms with van der Waals surface area (Å²) in [5.74, 6) is 2.96. The van der Waals surface area contributed by atoms with Crippen LogP contribution in [0.1, 0.15) is 67.1 Å². The molecule has 1 amide bonds. The average Bonchev–Trinajstić information content (AvgIpc) is 3.41. The third kappa shape index (κ3) is 3.98. The van der Waals surface area contributed by atoms with Gasteiger partial charge in [0.1, 0.15) is 6.04 Å². The summed E-state index contributed by atoms with van der Waals surface area (Å²) in [7, 11) is 3.27. The highest BCUT2D eigenvalue weighted by Crippen LogP contribution is 2.41. The van der Waals surface area contributed by atoms with Crippen molar-refractivity contribution in [1.82, 2.24) is 10.1 Å². The van der Waals surface area contributed by atoms with Gasteiger partial charge in [-0.25, -0.2) is 0 Å². The Bertz CT molecular complexity index is 870. The van der Waals surface area contributed by atoms with Gasteiger partial charge in [0.05, 0.1) is 19.9 Å². The molecule has 1 unspecified atom stereocenters. The lowest BCUT2D eigenvalue weighted by Crippen LogP contribution is -2.40. The molecule has 1 saturated carbocycles. The Labute approximate surface area is 172 Å². The molecule has 1 aliphatic heterocycles. The summed E-state index contributed by atoms with van der Waals surface area (Å²) < 4.78 is 16.6. The second-order valence-corrected chi connectivity index (χ2v) is 8.21. The molecule has 1 aromatic carbocycles. The summed E-state index contributed by atoms with van der Waals surface area (Å²) in [6, 6.07) is 5.64. The van der Waals surface area contributed by atoms with Gasteiger partial charge in [0.2, 0.25) is 5.91 Å². The molecule has 1 fully saturated rings. The molecule has 0 bridgehead atoms. The number of carbonyl (C=O) groups excluding carboxylic acids is 1. The number of nitrogens with zero attached hydrogens (tertiary/aromatic N) is 2. The Morgan fingerprint density at radius 2 is 1.90 bits per heavy atom. The number of hydrogen-bond donors (Lipinski definition) is 0. The summed E-state index contributed by atoms with van der Waals surface area (Å²) in [5, 5.41) is 4.07. The van der Waals surface area contributed by atoms with Crippen LogP contribution in [0.3, 0.4) is 0 Å². The van der Waals surface area contributed by atoms with Crippen molar-refractivity contribution in [2.75, 3.05) is 20.8 Å². The molecule has 1 atom stereocenters. The number of aryl methyl sites for hydroxylation is 1. The highest BCUT2D eigenvalue weighted by molar-refractivity contribution is 5.78. The Hall–Kier alpha value is -2.50. The maximum atomic E-state index is 13.2. The number of aromatic nitrogens is 1. The van der Waals surface area contributed by atoms with Crippen LogP contribution in [-0.2, 0) is 11.2 Å². The first-order valence-corrected chi connectivity index (χ1v) is 10.6. The Balaban J connectivity index is 1.66. The van der Waals surface area contributed by atoms with Crippen molar-refractivity contribution < 1.29 is 18.8 Å². The molecule has 0 spiro atoms. The molecule has 4 rings (SSSR count). The minimum atomic E-state index is -0.282. The van der Waals surface area contributed by atoms with Gasteiger partial charge in [-0.3, -0.25) is 4.79 Å². The average molecular weight is 399 g/mol. The van der Waals surface area contributed by atoms with Crippen LogP contribution in [0.5, 0.6) is 11.5 Å². The van der Waals surface area contributed by atoms with Gasteiger partial charge in [0, 0.05) is 19.0 Å². The van der Waals surface area contributed by atoms with Crippen molar-refractivity contribution in [1.29, 1.82) is 0 Å². The Morgan fingerprint density at radius 1 is 1.17 bits per heavy atom. The summed E-state index contributed by atoms with van der Waals surface area (Å²) in [4.78, 5) is 15.2. The first kappa shape index (κ1) is 19.8. The molecule has 0 radical (unpaired) electrons. The largest absolute Gasteiger partial charge is 0.493 e. The van der Waals surface area contributed by atoms with E-state index in [0.717, 1.165) is 29.7 Å². The second kappa shape index (κ2) is 8.47. The van der Waals surface area contributed by atoms with Gasteiger partial charge in [-0.1, -0.05) is 30.8 Å². The van der Waals surface area contributed by atoms with E-state index in [0.29, 0.717) is 36.1 Å². The van der Waals surface area contributed by atoms with Crippen LogP contribution in [-0.4, -0.2) is 36.7 Å². The van der Waals surface area contributed by atoms with Crippen LogP contribution >= 0.6 is 0 Å². The molecule has 156 valence electrons. The summed E-state index contributed by atoms with van der Waals surface area (Å²) >= 11 is 0. The lowest BCUT2D eigenvalue weighted by Gasteiger charge is -2.36. The zero-order chi connectivity index (χ0) is 20.4. The molecular formula is C23H30N2O4. The SMILES string of the molecule is COc1cc2c(cc1OC)C(c1cc(C)no1)N(C(=O)CCC1CCCC1)CC2. The number of hydrogen-bond acceptors (Lipinski definition) is 5. The fourth-order valence-electron chi connectivity index (χ4n) is 4.80. The fourth-order valence-corrected chi connectivity index (χ4v) is 4.80. The van der Waals surface area contributed by atoms with Crippen LogP contribution in [0.25, 0.3) is 0 Å². The van der Waals surface area contributed by atoms with E-state index in [1.807, 2.05) is 30.0 Å². The quantitative estimate of drug-likeness (QED) is 0.719. The van der Waals surface area contributed by atoms with E-state index in [1.165, 1.54) is 25.7 Å². The van der Waals surface area contributed by atoms with Gasteiger partial charge in [-0.15, -0.1) is 0 Å². The first-order valence-electron chi connectivity index (χ1n) is 10.6. The van der Waals surface area contributed by atoms with Crippen molar-refractivity contribution in [3.63, 3.8) is 0 Å². The van der Waals surface area contributed by atoms with Gasteiger partial charge in [0.15, 0.2) is 17.3 Å². The third-order valence-electron chi connectivity index (χ3n) is 6.35. The normalized spacial score (nSPS) is 19.3. The van der Waals surface area contributed by atoms with Gasteiger partial charge in [-0.05, 0) is 48.9 Å². The molecular weight excluding hydrogens is 368 g/mol. The monoisotopic (exact) mass is 398 g/mol. The van der Waals surface area contributed by atoms with E-state index >= 15 is 0 Å². The topological polar surface area (TPSA) is 64.8 Å². The lowest BCUT2D eigenvalue weighted by atomic mass is 9.89. The van der Waals surface area contributed by atoms with Crippen LogP contribution in [0.4, 0.5) is 0 Å². The molecule has 29 heavy (non-hydrogen) atoms. The predicted octanol–water partition coefficient (Wildman–Crippen LogP) is 4.44. The summed E-state index contributed by atoms with van der Waals surface area (Å²) in [6.07, 6.45) is 7.49. The second-order valence-electron chi connectivity index (χ2n) is 8.21. The van der Waals surface area contributed by atoms with E-state index < -0.39 is 0 Å². The number of fused-ring (bicyclic) bond motifs is 1. The van der Waals surface area contributed by atoms with E-state index in [4.69, 9.17) is 14.0 Å². The lowest BCUT2D eigenvalue weighted by molar-refractivity contribution is -0.134. The molecule has 1 aliphatic carbocycles. The highest BCUT2D eigenvalue weighted by atomic mass is 16.5. The first-order chi connectivity index (χ1) is 14.1. The minimum absolute atomic E-state index is 0.191. The predicted molar refractivity (Wildman–Crippen MR) is 109 cm³/mol. The van der Waals surface area contributed by atoms with Gasteiger partial charge in [-0.2, -0.15) is 0 Å². The van der Waals surface area contributed by atoms with Crippen LogP contribution in [0, 0.1) is 12.8 Å².